The third-order valence-electron chi connectivity index (χ3n) is 2.99. The smallest absolute Gasteiger partial charge is 0.260 e. The Kier molecular flexibility index (Phi) is 2.37. The highest BCUT2D eigenvalue weighted by Gasteiger charge is 2.15. The lowest BCUT2D eigenvalue weighted by Gasteiger charge is -1.98. The molecule has 0 unspecified atom stereocenters. The predicted molar refractivity (Wildman–Crippen MR) is 75.6 cm³/mol. The van der Waals surface area contributed by atoms with Gasteiger partial charge in [-0.3, -0.25) is 4.79 Å². The van der Waals surface area contributed by atoms with Crippen LogP contribution in [0.2, 0.25) is 0 Å². The Labute approximate surface area is 116 Å². The highest BCUT2D eigenvalue weighted by molar-refractivity contribution is 7.17. The van der Waals surface area contributed by atoms with E-state index < -0.39 is 0 Å². The monoisotopic (exact) mass is 284 g/mol. The molecule has 0 saturated carbocycles. The molecule has 4 rings (SSSR count). The van der Waals surface area contributed by atoms with E-state index in [4.69, 9.17) is 8.83 Å². The largest absolute Gasteiger partial charge is 0.464 e. The molecular formula is C14H8N2O3S. The van der Waals surface area contributed by atoms with E-state index in [2.05, 4.69) is 9.97 Å². The summed E-state index contributed by atoms with van der Waals surface area (Å²) in [6.07, 6.45) is 3.12. The molecule has 0 aliphatic carbocycles. The third-order valence-corrected chi connectivity index (χ3v) is 3.86. The minimum atomic E-state index is -0.200. The maximum atomic E-state index is 12.3. The van der Waals surface area contributed by atoms with Crippen LogP contribution in [-0.4, -0.2) is 9.97 Å². The summed E-state index contributed by atoms with van der Waals surface area (Å²) in [7, 11) is 0. The van der Waals surface area contributed by atoms with Gasteiger partial charge in [0, 0.05) is 10.9 Å². The molecule has 0 bridgehead atoms. The summed E-state index contributed by atoms with van der Waals surface area (Å²) in [5, 5.41) is 2.41. The van der Waals surface area contributed by atoms with Crippen LogP contribution in [0.25, 0.3) is 33.1 Å². The number of rotatable bonds is 2. The minimum Gasteiger partial charge on any atom is -0.464 e. The topological polar surface area (TPSA) is 72.0 Å². The van der Waals surface area contributed by atoms with Crippen molar-refractivity contribution < 1.29 is 8.83 Å². The molecule has 5 nitrogen and oxygen atoms in total. The SMILES string of the molecule is O=c1[nH]c(-c2ccco2)nc2scc(-c3ccco3)c12. The number of aromatic amines is 1. The van der Waals surface area contributed by atoms with Crippen molar-refractivity contribution in [3.63, 3.8) is 0 Å². The van der Waals surface area contributed by atoms with Gasteiger partial charge in [-0.25, -0.2) is 4.98 Å². The number of nitrogens with one attached hydrogen (secondary N) is 1. The van der Waals surface area contributed by atoms with Crippen LogP contribution in [0.15, 0.2) is 55.8 Å². The van der Waals surface area contributed by atoms with Crippen molar-refractivity contribution in [3.8, 4) is 22.9 Å². The van der Waals surface area contributed by atoms with Crippen molar-refractivity contribution in [2.24, 2.45) is 0 Å². The lowest BCUT2D eigenvalue weighted by Crippen LogP contribution is -2.08. The van der Waals surface area contributed by atoms with E-state index in [1.165, 1.54) is 11.3 Å². The average Bonchev–Trinajstić information content (AvgIpc) is 3.19. The first-order valence-electron chi connectivity index (χ1n) is 5.92. The maximum absolute atomic E-state index is 12.3. The molecule has 0 aliphatic heterocycles. The van der Waals surface area contributed by atoms with E-state index in [0.717, 1.165) is 5.56 Å². The summed E-state index contributed by atoms with van der Waals surface area (Å²) in [6, 6.07) is 7.12. The van der Waals surface area contributed by atoms with E-state index in [0.29, 0.717) is 27.6 Å². The summed E-state index contributed by atoms with van der Waals surface area (Å²) >= 11 is 1.41. The van der Waals surface area contributed by atoms with Gasteiger partial charge in [-0.1, -0.05) is 0 Å². The van der Waals surface area contributed by atoms with Crippen LogP contribution in [0.3, 0.4) is 0 Å². The van der Waals surface area contributed by atoms with Crippen LogP contribution in [0.4, 0.5) is 0 Å². The fourth-order valence-corrected chi connectivity index (χ4v) is 3.02. The second kappa shape index (κ2) is 4.21. The van der Waals surface area contributed by atoms with Crippen LogP contribution < -0.4 is 5.56 Å². The average molecular weight is 284 g/mol. The maximum Gasteiger partial charge on any atom is 0.260 e. The molecule has 4 aromatic rings. The Morgan fingerprint density at radius 2 is 1.85 bits per heavy atom. The van der Waals surface area contributed by atoms with Crippen LogP contribution >= 0.6 is 11.3 Å². The summed E-state index contributed by atoms with van der Waals surface area (Å²) in [5.74, 6) is 1.63. The quantitative estimate of drug-likeness (QED) is 0.611. The first-order valence-corrected chi connectivity index (χ1v) is 6.80. The lowest BCUT2D eigenvalue weighted by atomic mass is 10.2. The Hall–Kier alpha value is -2.60. The van der Waals surface area contributed by atoms with Gasteiger partial charge in [0.25, 0.3) is 5.56 Å². The van der Waals surface area contributed by atoms with Crippen LogP contribution in [0.5, 0.6) is 0 Å². The van der Waals surface area contributed by atoms with Crippen molar-refractivity contribution in [2.45, 2.75) is 0 Å². The Morgan fingerprint density at radius 1 is 1.10 bits per heavy atom. The van der Waals surface area contributed by atoms with Crippen LogP contribution in [0.1, 0.15) is 0 Å². The van der Waals surface area contributed by atoms with Gasteiger partial charge in [0.1, 0.15) is 10.6 Å². The van der Waals surface area contributed by atoms with E-state index in [9.17, 15) is 4.79 Å². The molecule has 4 heterocycles. The zero-order valence-corrected chi connectivity index (χ0v) is 10.9. The number of furan rings is 2. The minimum absolute atomic E-state index is 0.200. The van der Waals surface area contributed by atoms with Gasteiger partial charge in [-0.05, 0) is 24.3 Å². The number of nitrogens with zero attached hydrogens (tertiary/aromatic N) is 1. The molecule has 0 aliphatic rings. The molecule has 98 valence electrons. The summed E-state index contributed by atoms with van der Waals surface area (Å²) in [5.41, 5.74) is 0.559. The molecular weight excluding hydrogens is 276 g/mol. The molecule has 0 aromatic carbocycles. The molecule has 0 amide bonds. The molecule has 0 atom stereocenters. The van der Waals surface area contributed by atoms with E-state index >= 15 is 0 Å². The Bertz CT molecular complexity index is 917. The molecule has 1 N–H and O–H groups in total. The Morgan fingerprint density at radius 3 is 2.55 bits per heavy atom. The number of hydrogen-bond donors (Lipinski definition) is 1. The van der Waals surface area contributed by atoms with Crippen LogP contribution in [-0.2, 0) is 0 Å². The number of aromatic nitrogens is 2. The summed E-state index contributed by atoms with van der Waals surface area (Å²) in [6.45, 7) is 0. The highest BCUT2D eigenvalue weighted by atomic mass is 32.1. The molecule has 0 radical (unpaired) electrons. The Balaban J connectivity index is 1.98. The van der Waals surface area contributed by atoms with Gasteiger partial charge >= 0.3 is 0 Å². The molecule has 0 saturated heterocycles. The van der Waals surface area contributed by atoms with Crippen molar-refractivity contribution in [2.75, 3.05) is 0 Å². The van der Waals surface area contributed by atoms with Gasteiger partial charge in [-0.2, -0.15) is 0 Å². The first-order chi connectivity index (χ1) is 9.83. The molecule has 6 heteroatoms. The van der Waals surface area contributed by atoms with Crippen molar-refractivity contribution in [3.05, 3.63) is 52.5 Å². The number of fused-ring (bicyclic) bond motifs is 1. The highest BCUT2D eigenvalue weighted by Crippen LogP contribution is 2.31. The predicted octanol–water partition coefficient (Wildman–Crippen LogP) is 3.50. The van der Waals surface area contributed by atoms with Crippen molar-refractivity contribution >= 4 is 21.6 Å². The molecule has 0 spiro atoms. The van der Waals surface area contributed by atoms with E-state index in [-0.39, 0.29) is 5.56 Å². The van der Waals surface area contributed by atoms with E-state index in [1.807, 2.05) is 11.4 Å². The fourth-order valence-electron chi connectivity index (χ4n) is 2.09. The van der Waals surface area contributed by atoms with Crippen LogP contribution in [0, 0.1) is 0 Å². The summed E-state index contributed by atoms with van der Waals surface area (Å²) in [4.78, 5) is 20.1. The third kappa shape index (κ3) is 1.62. The van der Waals surface area contributed by atoms with Gasteiger partial charge in [0.15, 0.2) is 11.6 Å². The molecule has 20 heavy (non-hydrogen) atoms. The van der Waals surface area contributed by atoms with E-state index in [1.54, 1.807) is 30.7 Å². The lowest BCUT2D eigenvalue weighted by molar-refractivity contribution is 0.577. The van der Waals surface area contributed by atoms with Gasteiger partial charge in [0.05, 0.1) is 17.9 Å². The second-order valence-electron chi connectivity index (χ2n) is 4.20. The van der Waals surface area contributed by atoms with Gasteiger partial charge < -0.3 is 13.8 Å². The number of H-pyrrole nitrogens is 1. The zero-order chi connectivity index (χ0) is 13.5. The van der Waals surface area contributed by atoms with Gasteiger partial charge in [0.2, 0.25) is 0 Å². The van der Waals surface area contributed by atoms with Crippen molar-refractivity contribution in [1.82, 2.24) is 9.97 Å². The zero-order valence-electron chi connectivity index (χ0n) is 10.1. The number of thiophene rings is 1. The van der Waals surface area contributed by atoms with Crippen molar-refractivity contribution in [1.29, 1.82) is 0 Å². The standard InChI is InChI=1S/C14H8N2O3S/c17-13-11-8(9-3-1-5-18-9)7-20-14(11)16-12(15-13)10-4-2-6-19-10/h1-7H,(H,15,16,17). The summed E-state index contributed by atoms with van der Waals surface area (Å²) < 4.78 is 10.6. The molecule has 0 fully saturated rings. The second-order valence-corrected chi connectivity index (χ2v) is 5.06. The molecule has 4 aromatic heterocycles. The van der Waals surface area contributed by atoms with Gasteiger partial charge in [-0.15, -0.1) is 11.3 Å². The number of hydrogen-bond acceptors (Lipinski definition) is 5. The normalized spacial score (nSPS) is 11.2. The first kappa shape index (κ1) is 11.2. The fraction of sp³-hybridized carbons (Fsp3) is 0.